The second kappa shape index (κ2) is 10.2. The summed E-state index contributed by atoms with van der Waals surface area (Å²) in [4.78, 5) is 16.1. The highest BCUT2D eigenvalue weighted by atomic mass is 19.1. The van der Waals surface area contributed by atoms with E-state index >= 15 is 0 Å². The predicted octanol–water partition coefficient (Wildman–Crippen LogP) is 3.68. The summed E-state index contributed by atoms with van der Waals surface area (Å²) >= 11 is 0. The van der Waals surface area contributed by atoms with Crippen molar-refractivity contribution in [3.63, 3.8) is 0 Å². The van der Waals surface area contributed by atoms with Gasteiger partial charge in [-0.3, -0.25) is 4.68 Å². The van der Waals surface area contributed by atoms with Crippen molar-refractivity contribution >= 4 is 16.9 Å². The first kappa shape index (κ1) is 25.5. The second-order valence-electron chi connectivity index (χ2n) is 10.9. The van der Waals surface area contributed by atoms with Gasteiger partial charge in [0, 0.05) is 67.0 Å². The molecule has 1 aromatic carbocycles. The lowest BCUT2D eigenvalue weighted by atomic mass is 9.87. The highest BCUT2D eigenvalue weighted by molar-refractivity contribution is 5.78. The molecule has 4 aromatic heterocycles. The number of benzene rings is 1. The van der Waals surface area contributed by atoms with Crippen molar-refractivity contribution in [3.05, 3.63) is 96.5 Å². The number of fused-ring (bicyclic) bond motifs is 1. The Labute approximate surface area is 236 Å². The van der Waals surface area contributed by atoms with Gasteiger partial charge in [-0.25, -0.2) is 23.9 Å². The van der Waals surface area contributed by atoms with Gasteiger partial charge in [0.15, 0.2) is 11.6 Å². The molecular formula is C30H30FN9O. The highest BCUT2D eigenvalue weighted by Crippen LogP contribution is 2.30. The topological polar surface area (TPSA) is 112 Å². The monoisotopic (exact) mass is 551 g/mol. The molecule has 10 nitrogen and oxygen atoms in total. The molecule has 0 aliphatic carbocycles. The molecule has 41 heavy (non-hydrogen) atoms. The van der Waals surface area contributed by atoms with Crippen LogP contribution >= 0.6 is 0 Å². The summed E-state index contributed by atoms with van der Waals surface area (Å²) in [5.74, 6) is 1.81. The van der Waals surface area contributed by atoms with E-state index in [9.17, 15) is 4.39 Å². The van der Waals surface area contributed by atoms with Gasteiger partial charge >= 0.3 is 0 Å². The van der Waals surface area contributed by atoms with Crippen molar-refractivity contribution in [3.8, 4) is 11.1 Å². The van der Waals surface area contributed by atoms with Gasteiger partial charge in [-0.05, 0) is 42.7 Å². The van der Waals surface area contributed by atoms with E-state index in [1.807, 2.05) is 28.5 Å². The Bertz CT molecular complexity index is 1720. The molecule has 0 saturated carbocycles. The summed E-state index contributed by atoms with van der Waals surface area (Å²) in [6, 6.07) is 8.33. The van der Waals surface area contributed by atoms with Crippen molar-refractivity contribution in [2.24, 2.45) is 11.7 Å². The van der Waals surface area contributed by atoms with Crippen molar-refractivity contribution in [2.45, 2.75) is 25.4 Å². The van der Waals surface area contributed by atoms with Crippen molar-refractivity contribution in [2.75, 3.05) is 31.2 Å². The summed E-state index contributed by atoms with van der Waals surface area (Å²) in [5, 5.41) is 8.98. The summed E-state index contributed by atoms with van der Waals surface area (Å²) < 4.78 is 22.5. The van der Waals surface area contributed by atoms with Gasteiger partial charge in [-0.15, -0.1) is 0 Å². The minimum Gasteiger partial charge on any atom is -0.381 e. The summed E-state index contributed by atoms with van der Waals surface area (Å²) in [6.07, 6.45) is 14.0. The fourth-order valence-electron chi connectivity index (χ4n) is 5.37. The van der Waals surface area contributed by atoms with E-state index in [4.69, 9.17) is 10.5 Å². The first-order valence-corrected chi connectivity index (χ1v) is 13.7. The molecule has 11 heteroatoms. The maximum absolute atomic E-state index is 13.4. The normalized spacial score (nSPS) is 17.3. The van der Waals surface area contributed by atoms with E-state index in [1.165, 1.54) is 12.1 Å². The zero-order valence-electron chi connectivity index (χ0n) is 22.7. The van der Waals surface area contributed by atoms with E-state index in [2.05, 4.69) is 48.4 Å². The van der Waals surface area contributed by atoms with Gasteiger partial charge in [-0.1, -0.05) is 18.2 Å². The molecule has 5 aromatic rings. The Morgan fingerprint density at radius 1 is 1.00 bits per heavy atom. The van der Waals surface area contributed by atoms with Crippen LogP contribution in [0.1, 0.15) is 30.3 Å². The van der Waals surface area contributed by atoms with Crippen molar-refractivity contribution in [1.82, 2.24) is 34.3 Å². The standard InChI is InChI=1S/C30H30FN9O/c1-30(32,24-2-4-26(31)5-3-24)25-12-33-28(34-13-25)21-6-8-38(9-7-21)29-27-10-22(16-40(27)37-19-35-29)23-11-36-39(15-23)14-20-17-41-18-20/h2-6,10-13,15-16,19-20H,7-9,14,17-18,32H2,1H3. The third kappa shape index (κ3) is 4.87. The zero-order valence-corrected chi connectivity index (χ0v) is 22.7. The molecule has 2 aliphatic heterocycles. The molecule has 6 heterocycles. The van der Waals surface area contributed by atoms with Gasteiger partial charge in [-0.2, -0.15) is 10.2 Å². The number of halogens is 1. The Morgan fingerprint density at radius 3 is 2.51 bits per heavy atom. The fourth-order valence-corrected chi connectivity index (χ4v) is 5.37. The van der Waals surface area contributed by atoms with Crippen LogP contribution in [-0.2, 0) is 16.8 Å². The zero-order chi connectivity index (χ0) is 28.0. The van der Waals surface area contributed by atoms with Crippen LogP contribution in [-0.4, -0.2) is 60.6 Å². The van der Waals surface area contributed by atoms with Crippen LogP contribution in [0.4, 0.5) is 10.2 Å². The van der Waals surface area contributed by atoms with E-state index < -0.39 is 5.54 Å². The highest BCUT2D eigenvalue weighted by Gasteiger charge is 2.26. The van der Waals surface area contributed by atoms with Crippen LogP contribution in [0.25, 0.3) is 22.2 Å². The molecule has 0 bridgehead atoms. The Morgan fingerprint density at radius 2 is 1.80 bits per heavy atom. The van der Waals surface area contributed by atoms with E-state index in [-0.39, 0.29) is 5.82 Å². The predicted molar refractivity (Wildman–Crippen MR) is 152 cm³/mol. The van der Waals surface area contributed by atoms with Crippen LogP contribution in [0, 0.1) is 11.7 Å². The summed E-state index contributed by atoms with van der Waals surface area (Å²) in [6.45, 7) is 5.81. The third-order valence-corrected chi connectivity index (χ3v) is 8.00. The molecular weight excluding hydrogens is 521 g/mol. The van der Waals surface area contributed by atoms with Gasteiger partial charge in [0.25, 0.3) is 0 Å². The Hall–Kier alpha value is -4.48. The van der Waals surface area contributed by atoms with E-state index in [0.717, 1.165) is 71.9 Å². The first-order valence-electron chi connectivity index (χ1n) is 13.7. The third-order valence-electron chi connectivity index (χ3n) is 8.00. The molecule has 1 atom stereocenters. The molecule has 2 N–H and O–H groups in total. The lowest BCUT2D eigenvalue weighted by Gasteiger charge is -2.28. The van der Waals surface area contributed by atoms with Crippen molar-refractivity contribution in [1.29, 1.82) is 0 Å². The number of aromatic nitrogens is 7. The van der Waals surface area contributed by atoms with Gasteiger partial charge < -0.3 is 15.4 Å². The molecule has 1 saturated heterocycles. The van der Waals surface area contributed by atoms with Crippen LogP contribution in [0.15, 0.2) is 73.7 Å². The minimum absolute atomic E-state index is 0.294. The van der Waals surface area contributed by atoms with Crippen molar-refractivity contribution < 1.29 is 9.13 Å². The lowest BCUT2D eigenvalue weighted by Crippen LogP contribution is -2.34. The lowest BCUT2D eigenvalue weighted by molar-refractivity contribution is -0.0408. The van der Waals surface area contributed by atoms with Crippen LogP contribution in [0.2, 0.25) is 0 Å². The molecule has 0 spiro atoms. The van der Waals surface area contributed by atoms with E-state index in [1.54, 1.807) is 30.9 Å². The van der Waals surface area contributed by atoms with Crippen LogP contribution in [0.5, 0.6) is 0 Å². The fraction of sp³-hybridized carbons (Fsp3) is 0.300. The molecule has 2 aliphatic rings. The van der Waals surface area contributed by atoms with Gasteiger partial charge in [0.1, 0.15) is 17.7 Å². The summed E-state index contributed by atoms with van der Waals surface area (Å²) in [5.41, 5.74) is 11.5. The minimum atomic E-state index is -0.831. The number of nitrogens with zero attached hydrogens (tertiary/aromatic N) is 8. The number of hydrogen-bond donors (Lipinski definition) is 1. The van der Waals surface area contributed by atoms with Crippen LogP contribution < -0.4 is 10.6 Å². The molecule has 208 valence electrons. The smallest absolute Gasteiger partial charge is 0.156 e. The number of hydrogen-bond acceptors (Lipinski definition) is 8. The van der Waals surface area contributed by atoms with Crippen LogP contribution in [0.3, 0.4) is 0 Å². The quantitative estimate of drug-likeness (QED) is 0.326. The molecule has 1 unspecified atom stereocenters. The number of nitrogens with two attached hydrogens (primary N) is 1. The molecule has 0 radical (unpaired) electrons. The SMILES string of the molecule is CC(N)(c1ccc(F)cc1)c1cnc(C2=CCN(c3ncnn4cc(-c5cnn(CC6COC6)c5)cc34)CC2)nc1. The number of ether oxygens (including phenoxy) is 1. The average molecular weight is 552 g/mol. The van der Waals surface area contributed by atoms with Gasteiger partial charge in [0.05, 0.1) is 24.9 Å². The largest absolute Gasteiger partial charge is 0.381 e. The van der Waals surface area contributed by atoms with E-state index in [0.29, 0.717) is 18.3 Å². The maximum Gasteiger partial charge on any atom is 0.156 e. The Kier molecular flexibility index (Phi) is 6.32. The first-order chi connectivity index (χ1) is 19.9. The maximum atomic E-state index is 13.4. The average Bonchev–Trinajstić information content (AvgIpc) is 3.63. The number of rotatable bonds is 7. The Balaban J connectivity index is 1.07. The second-order valence-corrected chi connectivity index (χ2v) is 10.9. The molecule has 0 amide bonds. The van der Waals surface area contributed by atoms with Gasteiger partial charge in [0.2, 0.25) is 0 Å². The molecule has 7 rings (SSSR count). The molecule has 1 fully saturated rings. The summed E-state index contributed by atoms with van der Waals surface area (Å²) in [7, 11) is 0. The number of anilines is 1.